The number of aliphatic carboxylic acids is 1. The van der Waals surface area contributed by atoms with Crippen molar-refractivity contribution in [2.24, 2.45) is 5.92 Å². The van der Waals surface area contributed by atoms with Crippen LogP contribution in [0.2, 0.25) is 0 Å². The van der Waals surface area contributed by atoms with Crippen LogP contribution in [0.4, 0.5) is 0 Å². The molecule has 0 radical (unpaired) electrons. The third kappa shape index (κ3) is 3.87. The number of carboxylic acids is 1. The zero-order chi connectivity index (χ0) is 12.0. The van der Waals surface area contributed by atoms with Crippen LogP contribution in [0.25, 0.3) is 0 Å². The van der Waals surface area contributed by atoms with E-state index in [1.807, 2.05) is 13.8 Å². The number of rotatable bonds is 6. The van der Waals surface area contributed by atoms with Gasteiger partial charge in [0.25, 0.3) is 0 Å². The summed E-state index contributed by atoms with van der Waals surface area (Å²) in [7, 11) is 1.55. The lowest BCUT2D eigenvalue weighted by molar-refractivity contribution is -0.151. The van der Waals surface area contributed by atoms with Crippen LogP contribution in [0.3, 0.4) is 0 Å². The van der Waals surface area contributed by atoms with E-state index >= 15 is 0 Å². The minimum atomic E-state index is -1.09. The molecule has 2 atom stereocenters. The van der Waals surface area contributed by atoms with Crippen molar-refractivity contribution >= 4 is 11.9 Å². The molecule has 2 unspecified atom stereocenters. The molecule has 15 heavy (non-hydrogen) atoms. The summed E-state index contributed by atoms with van der Waals surface area (Å²) in [6, 6.07) is -0.103. The average molecular weight is 217 g/mol. The summed E-state index contributed by atoms with van der Waals surface area (Å²) in [4.78, 5) is 23.9. The van der Waals surface area contributed by atoms with Crippen molar-refractivity contribution in [2.45, 2.75) is 26.8 Å². The van der Waals surface area contributed by atoms with Gasteiger partial charge in [-0.3, -0.25) is 9.59 Å². The molecule has 0 aliphatic rings. The molecular weight excluding hydrogens is 198 g/mol. The molecule has 0 bridgehead atoms. The molecule has 5 nitrogen and oxygen atoms in total. The highest BCUT2D eigenvalue weighted by Crippen LogP contribution is 2.07. The summed E-state index contributed by atoms with van der Waals surface area (Å²) in [5, 5.41) is 8.73. The van der Waals surface area contributed by atoms with Crippen LogP contribution in [-0.2, 0) is 14.3 Å². The smallest absolute Gasteiger partial charge is 0.315 e. The highest BCUT2D eigenvalue weighted by molar-refractivity contribution is 5.96. The summed E-state index contributed by atoms with van der Waals surface area (Å²) in [6.07, 6.45) is 0. The maximum Gasteiger partial charge on any atom is 0.315 e. The van der Waals surface area contributed by atoms with Gasteiger partial charge in [0.2, 0.25) is 5.91 Å². The number of hydrogen-bond acceptors (Lipinski definition) is 3. The quantitative estimate of drug-likeness (QED) is 0.661. The van der Waals surface area contributed by atoms with Gasteiger partial charge < -0.3 is 14.7 Å². The second-order valence-electron chi connectivity index (χ2n) is 3.49. The topological polar surface area (TPSA) is 66.8 Å². The fourth-order valence-electron chi connectivity index (χ4n) is 1.37. The van der Waals surface area contributed by atoms with Crippen molar-refractivity contribution in [3.63, 3.8) is 0 Å². The van der Waals surface area contributed by atoms with Crippen LogP contribution in [-0.4, -0.2) is 48.2 Å². The normalized spacial score (nSPS) is 14.4. The molecule has 0 saturated carbocycles. The van der Waals surface area contributed by atoms with E-state index < -0.39 is 11.9 Å². The first-order valence-corrected chi connectivity index (χ1v) is 4.97. The van der Waals surface area contributed by atoms with Gasteiger partial charge in [-0.25, -0.2) is 0 Å². The molecule has 0 heterocycles. The van der Waals surface area contributed by atoms with Crippen LogP contribution in [0.5, 0.6) is 0 Å². The van der Waals surface area contributed by atoms with Gasteiger partial charge in [0.05, 0.1) is 12.6 Å². The molecule has 0 aromatic carbocycles. The third-order valence-electron chi connectivity index (χ3n) is 2.30. The summed E-state index contributed by atoms with van der Waals surface area (Å²) in [5.74, 6) is -2.46. The monoisotopic (exact) mass is 217 g/mol. The summed E-state index contributed by atoms with van der Waals surface area (Å²) in [5.41, 5.74) is 0. The number of carbonyl (C=O) groups is 2. The Labute approximate surface area is 90.0 Å². The van der Waals surface area contributed by atoms with Crippen molar-refractivity contribution in [2.75, 3.05) is 20.3 Å². The lowest BCUT2D eigenvalue weighted by Gasteiger charge is -2.28. The molecule has 1 N–H and O–H groups in total. The highest BCUT2D eigenvalue weighted by Gasteiger charge is 2.27. The number of methoxy groups -OCH3 is 1. The molecule has 0 spiro atoms. The number of hydrogen-bond donors (Lipinski definition) is 1. The molecule has 1 amide bonds. The number of amides is 1. The number of carboxylic acid groups (broad SMARTS) is 1. The number of likely N-dealkylation sites (N-methyl/N-ethyl adjacent to an activating group) is 1. The first kappa shape index (κ1) is 13.9. The van der Waals surface area contributed by atoms with Gasteiger partial charge in [0.1, 0.15) is 5.92 Å². The maximum absolute atomic E-state index is 11.7. The highest BCUT2D eigenvalue weighted by atomic mass is 16.5. The van der Waals surface area contributed by atoms with Gasteiger partial charge in [-0.05, 0) is 20.8 Å². The zero-order valence-electron chi connectivity index (χ0n) is 9.69. The Morgan fingerprint density at radius 3 is 2.27 bits per heavy atom. The Hall–Kier alpha value is -1.10. The standard InChI is InChI=1S/C10H19NO4/c1-5-11(7(2)6-15-4)9(12)8(3)10(13)14/h7-8H,5-6H2,1-4H3,(H,13,14). The van der Waals surface area contributed by atoms with E-state index in [0.717, 1.165) is 0 Å². The van der Waals surface area contributed by atoms with Gasteiger partial charge in [0.15, 0.2) is 0 Å². The molecule has 0 aliphatic carbocycles. The van der Waals surface area contributed by atoms with Gasteiger partial charge in [-0.2, -0.15) is 0 Å². The zero-order valence-corrected chi connectivity index (χ0v) is 9.69. The van der Waals surface area contributed by atoms with Crippen molar-refractivity contribution in [1.29, 1.82) is 0 Å². The number of nitrogens with zero attached hydrogens (tertiary/aromatic N) is 1. The predicted octanol–water partition coefficient (Wildman–Crippen LogP) is 0.591. The van der Waals surface area contributed by atoms with Gasteiger partial charge >= 0.3 is 5.97 Å². The van der Waals surface area contributed by atoms with E-state index in [0.29, 0.717) is 13.2 Å². The second-order valence-corrected chi connectivity index (χ2v) is 3.49. The van der Waals surface area contributed by atoms with E-state index in [2.05, 4.69) is 0 Å². The fraction of sp³-hybridized carbons (Fsp3) is 0.800. The molecule has 0 aromatic rings. The Kier molecular flexibility index (Phi) is 5.93. The molecule has 88 valence electrons. The molecular formula is C10H19NO4. The molecule has 0 saturated heterocycles. The van der Waals surface area contributed by atoms with E-state index in [1.54, 1.807) is 7.11 Å². The van der Waals surface area contributed by atoms with E-state index in [1.165, 1.54) is 11.8 Å². The van der Waals surface area contributed by atoms with Crippen molar-refractivity contribution in [3.8, 4) is 0 Å². The van der Waals surface area contributed by atoms with Crippen LogP contribution in [0, 0.1) is 5.92 Å². The summed E-state index contributed by atoms with van der Waals surface area (Å²) in [6.45, 7) is 5.94. The SMILES string of the molecule is CCN(C(=O)C(C)C(=O)O)C(C)COC. The van der Waals surface area contributed by atoms with Crippen LogP contribution >= 0.6 is 0 Å². The first-order valence-electron chi connectivity index (χ1n) is 4.97. The minimum Gasteiger partial charge on any atom is -0.481 e. The predicted molar refractivity (Wildman–Crippen MR) is 55.5 cm³/mol. The van der Waals surface area contributed by atoms with Gasteiger partial charge in [0, 0.05) is 13.7 Å². The molecule has 0 rings (SSSR count). The van der Waals surface area contributed by atoms with Crippen LogP contribution in [0.15, 0.2) is 0 Å². The number of carbonyl (C=O) groups excluding carboxylic acids is 1. The lowest BCUT2D eigenvalue weighted by Crippen LogP contribution is -2.45. The van der Waals surface area contributed by atoms with Crippen molar-refractivity contribution in [3.05, 3.63) is 0 Å². The first-order chi connectivity index (χ1) is 6.95. The Bertz CT molecular complexity index is 229. The third-order valence-corrected chi connectivity index (χ3v) is 2.30. The largest absolute Gasteiger partial charge is 0.481 e. The lowest BCUT2D eigenvalue weighted by atomic mass is 10.1. The minimum absolute atomic E-state index is 0.103. The van der Waals surface area contributed by atoms with Gasteiger partial charge in [-0.1, -0.05) is 0 Å². The van der Waals surface area contributed by atoms with Crippen LogP contribution < -0.4 is 0 Å². The molecule has 0 aromatic heterocycles. The van der Waals surface area contributed by atoms with E-state index in [9.17, 15) is 9.59 Å². The second kappa shape index (κ2) is 6.40. The Morgan fingerprint density at radius 2 is 1.93 bits per heavy atom. The molecule has 0 aliphatic heterocycles. The maximum atomic E-state index is 11.7. The van der Waals surface area contributed by atoms with Gasteiger partial charge in [-0.15, -0.1) is 0 Å². The van der Waals surface area contributed by atoms with Crippen molar-refractivity contribution in [1.82, 2.24) is 4.90 Å². The van der Waals surface area contributed by atoms with Crippen molar-refractivity contribution < 1.29 is 19.4 Å². The Morgan fingerprint density at radius 1 is 1.40 bits per heavy atom. The van der Waals surface area contributed by atoms with E-state index in [-0.39, 0.29) is 11.9 Å². The molecule has 5 heteroatoms. The Balaban J connectivity index is 4.52. The molecule has 0 fully saturated rings. The fourth-order valence-corrected chi connectivity index (χ4v) is 1.37. The van der Waals surface area contributed by atoms with Crippen LogP contribution in [0.1, 0.15) is 20.8 Å². The average Bonchev–Trinajstić information content (AvgIpc) is 2.17. The summed E-state index contributed by atoms with van der Waals surface area (Å²) < 4.78 is 4.94. The number of ether oxygens (including phenoxy) is 1. The van der Waals surface area contributed by atoms with E-state index in [4.69, 9.17) is 9.84 Å². The summed E-state index contributed by atoms with van der Waals surface area (Å²) >= 11 is 0.